The average Bonchev–Trinajstić information content (AvgIpc) is 2.62. The second-order valence-corrected chi connectivity index (χ2v) is 7.16. The smallest absolute Gasteiger partial charge is 0.417 e. The zero-order valence-electron chi connectivity index (χ0n) is 14.7. The number of carbonyl (C=O) groups excluding carboxylic acids is 1. The third-order valence-electron chi connectivity index (χ3n) is 4.04. The van der Waals surface area contributed by atoms with Gasteiger partial charge in [0.2, 0.25) is 0 Å². The van der Waals surface area contributed by atoms with Gasteiger partial charge in [0.25, 0.3) is 5.91 Å². The summed E-state index contributed by atoms with van der Waals surface area (Å²) in [6, 6.07) is 7.68. The molecule has 0 fully saturated rings. The van der Waals surface area contributed by atoms with Crippen LogP contribution in [-0.2, 0) is 22.1 Å². The predicted molar refractivity (Wildman–Crippen MR) is 93.5 cm³/mol. The molecule has 0 saturated heterocycles. The Morgan fingerprint density at radius 1 is 1.24 bits per heavy atom. The lowest BCUT2D eigenvalue weighted by Crippen LogP contribution is -2.46. The quantitative estimate of drug-likeness (QED) is 0.560. The Bertz CT molecular complexity index is 985. The molecular weight excluding hydrogens is 416 g/mol. The topological polar surface area (TPSA) is 113 Å². The van der Waals surface area contributed by atoms with Gasteiger partial charge in [-0.1, -0.05) is 12.1 Å². The number of hydrogen-bond donors (Lipinski definition) is 2. The molecule has 0 spiro atoms. The zero-order valence-corrected chi connectivity index (χ0v) is 15.5. The second-order valence-electron chi connectivity index (χ2n) is 6.16. The maximum absolute atomic E-state index is 13.1. The number of halogens is 4. The van der Waals surface area contributed by atoms with Gasteiger partial charge in [0.05, 0.1) is 22.4 Å². The molecule has 154 valence electrons. The normalized spacial score (nSPS) is 15.7. The van der Waals surface area contributed by atoms with Crippen LogP contribution in [0.3, 0.4) is 0 Å². The van der Waals surface area contributed by atoms with E-state index < -0.39 is 56.6 Å². The number of amides is 1. The van der Waals surface area contributed by atoms with Gasteiger partial charge in [-0.05, 0) is 53.9 Å². The first kappa shape index (κ1) is 22.5. The molecule has 29 heavy (non-hydrogen) atoms. The molecule has 1 amide bonds. The summed E-state index contributed by atoms with van der Waals surface area (Å²) in [5.74, 6) is -1.99. The number of aliphatic hydroxyl groups is 1. The predicted octanol–water partition coefficient (Wildman–Crippen LogP) is 3.03. The fraction of sp³-hybridized carbons (Fsp3) is 0.222. The molecule has 0 aliphatic carbocycles. The highest BCUT2D eigenvalue weighted by atomic mass is 32.2. The van der Waals surface area contributed by atoms with Gasteiger partial charge in [-0.3, -0.25) is 9.00 Å². The van der Waals surface area contributed by atoms with Crippen molar-refractivity contribution in [3.8, 4) is 6.07 Å². The number of nitrogens with zero attached hydrogens (tertiary/aromatic N) is 1. The van der Waals surface area contributed by atoms with Crippen molar-refractivity contribution >= 4 is 22.7 Å². The number of benzene rings is 2. The van der Waals surface area contributed by atoms with Gasteiger partial charge >= 0.3 is 6.18 Å². The van der Waals surface area contributed by atoms with Gasteiger partial charge in [0.1, 0.15) is 5.82 Å². The molecule has 0 radical (unpaired) electrons. The van der Waals surface area contributed by atoms with Crippen molar-refractivity contribution < 1.29 is 36.2 Å². The molecule has 2 rings (SSSR count). The Morgan fingerprint density at radius 2 is 1.83 bits per heavy atom. The number of nitriles is 1. The molecule has 2 aromatic carbocycles. The van der Waals surface area contributed by atoms with Crippen LogP contribution in [0.25, 0.3) is 0 Å². The van der Waals surface area contributed by atoms with Crippen molar-refractivity contribution in [3.63, 3.8) is 0 Å². The summed E-state index contributed by atoms with van der Waals surface area (Å²) in [5.41, 5.74) is -5.10. The summed E-state index contributed by atoms with van der Waals surface area (Å²) in [7, 11) is 0. The zero-order chi connectivity index (χ0) is 22.0. The van der Waals surface area contributed by atoms with Crippen LogP contribution in [0.1, 0.15) is 28.9 Å². The Hall–Kier alpha value is -2.81. The summed E-state index contributed by atoms with van der Waals surface area (Å²) in [6.07, 6.45) is -4.87. The van der Waals surface area contributed by atoms with Crippen LogP contribution in [0.2, 0.25) is 0 Å². The summed E-state index contributed by atoms with van der Waals surface area (Å²) in [4.78, 5) is 12.5. The van der Waals surface area contributed by atoms with Crippen LogP contribution < -0.4 is 5.32 Å². The molecule has 6 nitrogen and oxygen atoms in total. The minimum Gasteiger partial charge on any atom is -0.772 e. The van der Waals surface area contributed by atoms with Crippen LogP contribution >= 0.6 is 0 Å². The standard InChI is InChI=1S/C18H14F4N2O4S/c1-17(26,15(29(27)28)10-2-5-12(19)6-3-10)16(25)24-13-7-4-11(9-23)14(8-13)18(20,21)22/h2-8,15,26H,1H3,(H,24,25)(H,27,28)/p-1. The highest BCUT2D eigenvalue weighted by Crippen LogP contribution is 2.35. The molecule has 0 heterocycles. The van der Waals surface area contributed by atoms with Crippen LogP contribution in [0.15, 0.2) is 42.5 Å². The number of carbonyl (C=O) groups is 1. The SMILES string of the molecule is CC(O)(C(=O)Nc1ccc(C#N)c(C(F)(F)F)c1)C(c1ccc(F)cc1)S(=O)[O-]. The van der Waals surface area contributed by atoms with Gasteiger partial charge in [-0.25, -0.2) is 4.39 Å². The number of hydrogen-bond acceptors (Lipinski definition) is 5. The first-order valence-electron chi connectivity index (χ1n) is 7.86. The van der Waals surface area contributed by atoms with Gasteiger partial charge < -0.3 is 15.0 Å². The van der Waals surface area contributed by atoms with Gasteiger partial charge in [-0.2, -0.15) is 18.4 Å². The lowest BCUT2D eigenvalue weighted by atomic mass is 9.94. The minimum absolute atomic E-state index is 0.101. The third kappa shape index (κ3) is 4.97. The van der Waals surface area contributed by atoms with E-state index in [9.17, 15) is 36.2 Å². The molecule has 0 aromatic heterocycles. The molecule has 0 saturated carbocycles. The van der Waals surface area contributed by atoms with E-state index >= 15 is 0 Å². The van der Waals surface area contributed by atoms with Crippen LogP contribution in [0, 0.1) is 17.1 Å². The number of anilines is 1. The maximum atomic E-state index is 13.1. The first-order valence-corrected chi connectivity index (χ1v) is 9.00. The van der Waals surface area contributed by atoms with E-state index in [1.54, 1.807) is 0 Å². The molecule has 0 aliphatic rings. The van der Waals surface area contributed by atoms with Crippen molar-refractivity contribution in [1.82, 2.24) is 0 Å². The molecular formula is C18H13F4N2O4S-. The highest BCUT2D eigenvalue weighted by Gasteiger charge is 2.42. The summed E-state index contributed by atoms with van der Waals surface area (Å²) in [6.45, 7) is 0.862. The van der Waals surface area contributed by atoms with Crippen molar-refractivity contribution in [2.45, 2.75) is 24.0 Å². The number of nitrogens with one attached hydrogen (secondary N) is 1. The monoisotopic (exact) mass is 429 g/mol. The van der Waals surface area contributed by atoms with Crippen LogP contribution in [0.5, 0.6) is 0 Å². The Morgan fingerprint density at radius 3 is 2.31 bits per heavy atom. The number of rotatable bonds is 5. The summed E-state index contributed by atoms with van der Waals surface area (Å²) < 4.78 is 75.5. The van der Waals surface area contributed by atoms with Gasteiger partial charge in [0.15, 0.2) is 5.60 Å². The maximum Gasteiger partial charge on any atom is 0.417 e. The minimum atomic E-state index is -4.87. The molecule has 3 atom stereocenters. The fourth-order valence-corrected chi connectivity index (χ4v) is 3.45. The van der Waals surface area contributed by atoms with E-state index in [1.165, 1.54) is 6.07 Å². The highest BCUT2D eigenvalue weighted by molar-refractivity contribution is 7.79. The van der Waals surface area contributed by atoms with Crippen molar-refractivity contribution in [2.24, 2.45) is 0 Å². The third-order valence-corrected chi connectivity index (χ3v) is 5.15. The lowest BCUT2D eigenvalue weighted by Gasteiger charge is -2.33. The van der Waals surface area contributed by atoms with E-state index in [0.717, 1.165) is 43.3 Å². The summed E-state index contributed by atoms with van der Waals surface area (Å²) >= 11 is -3.04. The first-order chi connectivity index (χ1) is 13.4. The van der Waals surface area contributed by atoms with Crippen molar-refractivity contribution in [2.75, 3.05) is 5.32 Å². The second kappa shape index (κ2) is 8.28. The van der Waals surface area contributed by atoms with Crippen molar-refractivity contribution in [3.05, 3.63) is 65.0 Å². The Kier molecular flexibility index (Phi) is 6.42. The largest absolute Gasteiger partial charge is 0.772 e. The lowest BCUT2D eigenvalue weighted by molar-refractivity contribution is -0.138. The average molecular weight is 429 g/mol. The molecule has 11 heteroatoms. The van der Waals surface area contributed by atoms with Gasteiger partial charge in [0, 0.05) is 5.69 Å². The van der Waals surface area contributed by atoms with Gasteiger partial charge in [-0.15, -0.1) is 0 Å². The molecule has 3 unspecified atom stereocenters. The molecule has 2 aromatic rings. The van der Waals surface area contributed by atoms with E-state index in [2.05, 4.69) is 0 Å². The Balaban J connectivity index is 2.38. The molecule has 2 N–H and O–H groups in total. The fourth-order valence-electron chi connectivity index (χ4n) is 2.59. The Labute approximate surface area is 165 Å². The molecule has 0 bridgehead atoms. The van der Waals surface area contributed by atoms with Crippen LogP contribution in [0.4, 0.5) is 23.2 Å². The van der Waals surface area contributed by atoms with Crippen LogP contribution in [-0.4, -0.2) is 25.4 Å². The van der Waals surface area contributed by atoms with Crippen molar-refractivity contribution in [1.29, 1.82) is 5.26 Å². The van der Waals surface area contributed by atoms with E-state index in [4.69, 9.17) is 5.26 Å². The molecule has 0 aliphatic heterocycles. The van der Waals surface area contributed by atoms with E-state index in [0.29, 0.717) is 6.07 Å². The van der Waals surface area contributed by atoms with E-state index in [1.807, 2.05) is 5.32 Å². The summed E-state index contributed by atoms with van der Waals surface area (Å²) in [5, 5.41) is 19.5. The van der Waals surface area contributed by atoms with E-state index in [-0.39, 0.29) is 5.56 Å². The number of alkyl halides is 3.